The first-order chi connectivity index (χ1) is 1.73. The van der Waals surface area contributed by atoms with Crippen molar-refractivity contribution in [3.8, 4) is 0 Å². The van der Waals surface area contributed by atoms with Gasteiger partial charge in [0.25, 0.3) is 0 Å². The van der Waals surface area contributed by atoms with Gasteiger partial charge in [-0.15, -0.1) is 0 Å². The quantitative estimate of drug-likeness (QED) is 0.388. The normalized spacial score (nSPS) is 7.20. The van der Waals surface area contributed by atoms with Crippen LogP contribution in [0.4, 0.5) is 0 Å². The van der Waals surface area contributed by atoms with Crippen LogP contribution in [0.25, 0.3) is 0 Å². The van der Waals surface area contributed by atoms with E-state index in [0.29, 0.717) is 0 Å². The van der Waals surface area contributed by atoms with E-state index < -0.39 is 8.60 Å². The molecule has 0 aromatic heterocycles. The maximum atomic E-state index is 7.23. The molecule has 5 heteroatoms. The zero-order valence-electron chi connectivity index (χ0n) is 2.29. The van der Waals surface area contributed by atoms with Crippen LogP contribution in [0.5, 0.6) is 0 Å². The van der Waals surface area contributed by atoms with E-state index in [2.05, 4.69) is 0 Å². The second-order valence-corrected chi connectivity index (χ2v) is 0.805. The average Bonchev–Trinajstić information content (AvgIpc) is 0.811. The van der Waals surface area contributed by atoms with E-state index in [-0.39, 0.29) is 27.3 Å². The fourth-order valence-electron chi connectivity index (χ4n) is 0. The van der Waals surface area contributed by atoms with Crippen LogP contribution in [-0.2, 0) is 0 Å². The van der Waals surface area contributed by atoms with Crippen molar-refractivity contribution in [2.75, 3.05) is 0 Å². The van der Waals surface area contributed by atoms with Crippen LogP contribution in [0.3, 0.4) is 0 Å². The van der Waals surface area contributed by atoms with Gasteiger partial charge in [0.15, 0.2) is 0 Å². The summed E-state index contributed by atoms with van der Waals surface area (Å²) in [6, 6.07) is 0. The summed E-state index contributed by atoms with van der Waals surface area (Å²) in [4.78, 5) is 21.7. The molecule has 30 valence electrons. The summed E-state index contributed by atoms with van der Waals surface area (Å²) in [5.74, 6) is 0. The van der Waals surface area contributed by atoms with Gasteiger partial charge in [0, 0.05) is 27.3 Å². The second-order valence-electron chi connectivity index (χ2n) is 0.268. The van der Waals surface area contributed by atoms with Crippen molar-refractivity contribution >= 4 is 35.9 Å². The van der Waals surface area contributed by atoms with Crippen molar-refractivity contribution < 1.29 is 14.7 Å². The van der Waals surface area contributed by atoms with Crippen molar-refractivity contribution in [2.45, 2.75) is 0 Å². The first-order valence-electron chi connectivity index (χ1n) is 0.600. The standard InChI is InChI=1S/H3O3P.Pb/c1-4(2)3;/h1-3H;. The van der Waals surface area contributed by atoms with Gasteiger partial charge in [0.05, 0.1) is 0 Å². The summed E-state index contributed by atoms with van der Waals surface area (Å²) in [6.45, 7) is 0. The van der Waals surface area contributed by atoms with Crippen LogP contribution in [0, 0.1) is 0 Å². The molecule has 0 unspecified atom stereocenters. The van der Waals surface area contributed by atoms with Gasteiger partial charge in [-0.1, -0.05) is 0 Å². The average molecular weight is 289 g/mol. The topological polar surface area (TPSA) is 60.7 Å². The maximum Gasteiger partial charge on any atom is 0.324 e. The number of rotatable bonds is 0. The van der Waals surface area contributed by atoms with E-state index in [1.807, 2.05) is 0 Å². The monoisotopic (exact) mass is 290 g/mol. The Morgan fingerprint density at radius 1 is 1.00 bits per heavy atom. The van der Waals surface area contributed by atoms with Crippen molar-refractivity contribution in [1.82, 2.24) is 0 Å². The Balaban J connectivity index is 0. The molecule has 0 rings (SSSR count). The first-order valence-corrected chi connectivity index (χ1v) is 1.80. The molecule has 4 radical (unpaired) electrons. The minimum absolute atomic E-state index is 0. The third-order valence-electron chi connectivity index (χ3n) is 0. The van der Waals surface area contributed by atoms with E-state index in [4.69, 9.17) is 14.7 Å². The van der Waals surface area contributed by atoms with Gasteiger partial charge in [-0.25, -0.2) is 0 Å². The van der Waals surface area contributed by atoms with Crippen LogP contribution in [-0.4, -0.2) is 42.0 Å². The molecule has 0 spiro atoms. The molecule has 0 aliphatic carbocycles. The fraction of sp³-hybridized carbons (Fsp3) is 0. The van der Waals surface area contributed by atoms with E-state index in [1.54, 1.807) is 0 Å². The zero-order chi connectivity index (χ0) is 3.58. The molecule has 3 N–H and O–H groups in total. The minimum atomic E-state index is -2.62. The molecule has 3 nitrogen and oxygen atoms in total. The van der Waals surface area contributed by atoms with Crippen LogP contribution in [0.1, 0.15) is 0 Å². The summed E-state index contributed by atoms with van der Waals surface area (Å²) in [5, 5.41) is 0. The van der Waals surface area contributed by atoms with Crippen LogP contribution in [0.2, 0.25) is 0 Å². The van der Waals surface area contributed by atoms with Crippen molar-refractivity contribution in [2.24, 2.45) is 0 Å². The summed E-state index contributed by atoms with van der Waals surface area (Å²) in [7, 11) is -2.62. The van der Waals surface area contributed by atoms with E-state index in [0.717, 1.165) is 0 Å². The molecule has 0 heterocycles. The largest absolute Gasteiger partial charge is 0.328 e. The molecule has 0 saturated carbocycles. The molecule has 5 heavy (non-hydrogen) atoms. The molecule has 0 aliphatic rings. The molecule has 0 aromatic rings. The van der Waals surface area contributed by atoms with Crippen molar-refractivity contribution in [3.63, 3.8) is 0 Å². The van der Waals surface area contributed by atoms with Crippen molar-refractivity contribution in [3.05, 3.63) is 0 Å². The van der Waals surface area contributed by atoms with Gasteiger partial charge >= 0.3 is 8.60 Å². The van der Waals surface area contributed by atoms with Gasteiger partial charge in [0.2, 0.25) is 0 Å². The van der Waals surface area contributed by atoms with Gasteiger partial charge in [-0.3, -0.25) is 0 Å². The second kappa shape index (κ2) is 5.23. The van der Waals surface area contributed by atoms with Gasteiger partial charge in [-0.2, -0.15) is 0 Å². The molecule has 0 fully saturated rings. The number of hydrogen-bond acceptors (Lipinski definition) is 3. The van der Waals surface area contributed by atoms with Crippen molar-refractivity contribution in [1.29, 1.82) is 0 Å². The van der Waals surface area contributed by atoms with Gasteiger partial charge in [0.1, 0.15) is 0 Å². The molecule has 0 aliphatic heterocycles. The van der Waals surface area contributed by atoms with Crippen LogP contribution in [0.15, 0.2) is 0 Å². The predicted octanol–water partition coefficient (Wildman–Crippen LogP) is -1.19. The van der Waals surface area contributed by atoms with E-state index in [9.17, 15) is 0 Å². The Morgan fingerprint density at radius 2 is 1.00 bits per heavy atom. The van der Waals surface area contributed by atoms with Gasteiger partial charge in [-0.05, 0) is 0 Å². The zero-order valence-corrected chi connectivity index (χ0v) is 7.07. The Bertz CT molecular complexity index is 11.6. The number of hydrogen-bond donors (Lipinski definition) is 3. The minimum Gasteiger partial charge on any atom is -0.328 e. The Kier molecular flexibility index (Phi) is 9.97. The SMILES string of the molecule is OP(O)O.[Pb]. The third kappa shape index (κ3) is 36.0. The molecular formula is H3O3PPb. The Labute approximate surface area is 50.8 Å². The molecule has 0 aromatic carbocycles. The first kappa shape index (κ1) is 9.53. The maximum absolute atomic E-state index is 7.23. The summed E-state index contributed by atoms with van der Waals surface area (Å²) in [6.07, 6.45) is 0. The molecule has 0 atom stereocenters. The molecule has 0 saturated heterocycles. The van der Waals surface area contributed by atoms with E-state index in [1.165, 1.54) is 0 Å². The molecule has 0 amide bonds. The van der Waals surface area contributed by atoms with E-state index >= 15 is 0 Å². The van der Waals surface area contributed by atoms with Crippen LogP contribution >= 0.6 is 8.60 Å². The summed E-state index contributed by atoms with van der Waals surface area (Å²) in [5.41, 5.74) is 0. The predicted molar refractivity (Wildman–Crippen MR) is 19.3 cm³/mol. The molecular weight excluding hydrogens is 286 g/mol. The molecule has 0 bridgehead atoms. The fourth-order valence-corrected chi connectivity index (χ4v) is 0. The summed E-state index contributed by atoms with van der Waals surface area (Å²) < 4.78 is 0. The third-order valence-corrected chi connectivity index (χ3v) is 0. The Hall–Kier alpha value is 1.23. The van der Waals surface area contributed by atoms with Gasteiger partial charge < -0.3 is 14.7 Å². The smallest absolute Gasteiger partial charge is 0.324 e. The van der Waals surface area contributed by atoms with Crippen LogP contribution < -0.4 is 0 Å². The Morgan fingerprint density at radius 3 is 1.00 bits per heavy atom. The summed E-state index contributed by atoms with van der Waals surface area (Å²) >= 11 is 0.